The molecule has 1 aliphatic rings. The van der Waals surface area contributed by atoms with Crippen molar-refractivity contribution >= 4 is 0 Å². The predicted octanol–water partition coefficient (Wildman–Crippen LogP) is 1.17. The average molecular weight is 187 g/mol. The van der Waals surface area contributed by atoms with Gasteiger partial charge >= 0.3 is 0 Å². The minimum Gasteiger partial charge on any atom is -0.382 e. The Balaban J connectivity index is 1.81. The summed E-state index contributed by atoms with van der Waals surface area (Å²) in [5.74, 6) is 0.977. The lowest BCUT2D eigenvalue weighted by atomic mass is 10.1. The van der Waals surface area contributed by atoms with Crippen LogP contribution in [0.3, 0.4) is 0 Å². The van der Waals surface area contributed by atoms with Crippen LogP contribution >= 0.6 is 0 Å². The molecule has 0 aromatic heterocycles. The Morgan fingerprint density at radius 2 is 2.15 bits per heavy atom. The molecule has 0 heterocycles. The Morgan fingerprint density at radius 1 is 1.38 bits per heavy atom. The topological polar surface area (TPSA) is 44.5 Å². The van der Waals surface area contributed by atoms with Crippen LogP contribution in [-0.4, -0.2) is 33.0 Å². The van der Waals surface area contributed by atoms with E-state index in [1.54, 1.807) is 7.11 Å². The molecule has 0 aliphatic heterocycles. The number of rotatable bonds is 8. The molecule has 0 aromatic rings. The highest BCUT2D eigenvalue weighted by Gasteiger charge is 2.21. The maximum atomic E-state index is 5.87. The molecular formula is C10H21NO2. The van der Waals surface area contributed by atoms with Gasteiger partial charge in [0.25, 0.3) is 0 Å². The van der Waals surface area contributed by atoms with Crippen LogP contribution in [0.25, 0.3) is 0 Å². The first-order valence-corrected chi connectivity index (χ1v) is 5.15. The first-order valence-electron chi connectivity index (χ1n) is 5.15. The fourth-order valence-corrected chi connectivity index (χ4v) is 1.32. The van der Waals surface area contributed by atoms with E-state index < -0.39 is 0 Å². The minimum absolute atomic E-state index is 0.220. The molecule has 0 spiro atoms. The molecule has 3 nitrogen and oxygen atoms in total. The SMILES string of the molecule is COCCOCC(N)CCC1CC1. The Kier molecular flexibility index (Phi) is 5.35. The van der Waals surface area contributed by atoms with Gasteiger partial charge in [-0.3, -0.25) is 0 Å². The van der Waals surface area contributed by atoms with Crippen molar-refractivity contribution in [3.8, 4) is 0 Å². The molecule has 0 radical (unpaired) electrons. The largest absolute Gasteiger partial charge is 0.382 e. The van der Waals surface area contributed by atoms with Crippen LogP contribution in [0.1, 0.15) is 25.7 Å². The second kappa shape index (κ2) is 6.35. The Bertz CT molecular complexity index is 126. The molecule has 1 rings (SSSR count). The Labute approximate surface area is 80.6 Å². The summed E-state index contributed by atoms with van der Waals surface area (Å²) in [5.41, 5.74) is 5.87. The van der Waals surface area contributed by atoms with Crippen LogP contribution in [0.5, 0.6) is 0 Å². The summed E-state index contributed by atoms with van der Waals surface area (Å²) < 4.78 is 10.2. The van der Waals surface area contributed by atoms with Gasteiger partial charge in [-0.05, 0) is 18.8 Å². The van der Waals surface area contributed by atoms with Crippen LogP contribution in [0, 0.1) is 5.92 Å². The third kappa shape index (κ3) is 6.02. The third-order valence-electron chi connectivity index (χ3n) is 2.41. The number of hydrogen-bond donors (Lipinski definition) is 1. The normalized spacial score (nSPS) is 18.9. The molecule has 0 amide bonds. The summed E-state index contributed by atoms with van der Waals surface area (Å²) in [6, 6.07) is 0.220. The van der Waals surface area contributed by atoms with E-state index in [1.807, 2.05) is 0 Å². The Morgan fingerprint density at radius 3 is 2.77 bits per heavy atom. The van der Waals surface area contributed by atoms with Crippen LogP contribution in [0.4, 0.5) is 0 Å². The molecule has 1 saturated carbocycles. The second-order valence-corrected chi connectivity index (χ2v) is 3.85. The molecule has 1 atom stereocenters. The van der Waals surface area contributed by atoms with Gasteiger partial charge in [0.05, 0.1) is 19.8 Å². The highest BCUT2D eigenvalue weighted by atomic mass is 16.5. The van der Waals surface area contributed by atoms with E-state index >= 15 is 0 Å². The van der Waals surface area contributed by atoms with E-state index in [2.05, 4.69) is 0 Å². The zero-order chi connectivity index (χ0) is 9.52. The first-order chi connectivity index (χ1) is 6.33. The van der Waals surface area contributed by atoms with Crippen molar-refractivity contribution in [2.24, 2.45) is 11.7 Å². The van der Waals surface area contributed by atoms with Crippen molar-refractivity contribution in [1.29, 1.82) is 0 Å². The molecule has 0 bridgehead atoms. The van der Waals surface area contributed by atoms with Crippen LogP contribution in [0.2, 0.25) is 0 Å². The van der Waals surface area contributed by atoms with Crippen LogP contribution < -0.4 is 5.73 Å². The minimum atomic E-state index is 0.220. The standard InChI is InChI=1S/C10H21NO2/c1-12-6-7-13-8-10(11)5-4-9-2-3-9/h9-10H,2-8,11H2,1H3. The number of ether oxygens (including phenoxy) is 2. The first kappa shape index (κ1) is 11.0. The maximum Gasteiger partial charge on any atom is 0.0701 e. The van der Waals surface area contributed by atoms with Crippen LogP contribution in [0.15, 0.2) is 0 Å². The molecule has 2 N–H and O–H groups in total. The summed E-state index contributed by atoms with van der Waals surface area (Å²) in [6.45, 7) is 2.00. The zero-order valence-electron chi connectivity index (χ0n) is 8.50. The predicted molar refractivity (Wildman–Crippen MR) is 52.6 cm³/mol. The third-order valence-corrected chi connectivity index (χ3v) is 2.41. The molecule has 78 valence electrons. The lowest BCUT2D eigenvalue weighted by Gasteiger charge is -2.11. The monoisotopic (exact) mass is 187 g/mol. The van der Waals surface area contributed by atoms with Gasteiger partial charge in [0, 0.05) is 13.2 Å². The summed E-state index contributed by atoms with van der Waals surface area (Å²) in [5, 5.41) is 0. The Hall–Kier alpha value is -0.120. The highest BCUT2D eigenvalue weighted by molar-refractivity contribution is 4.75. The number of hydrogen-bond acceptors (Lipinski definition) is 3. The molecule has 1 aliphatic carbocycles. The van der Waals surface area contributed by atoms with E-state index in [0.717, 1.165) is 12.3 Å². The molecule has 1 fully saturated rings. The molecule has 0 saturated heterocycles. The molecule has 13 heavy (non-hydrogen) atoms. The lowest BCUT2D eigenvalue weighted by Crippen LogP contribution is -2.27. The van der Waals surface area contributed by atoms with Gasteiger partial charge in [-0.25, -0.2) is 0 Å². The van der Waals surface area contributed by atoms with E-state index in [9.17, 15) is 0 Å². The molecule has 0 aromatic carbocycles. The van der Waals surface area contributed by atoms with Crippen molar-refractivity contribution in [1.82, 2.24) is 0 Å². The van der Waals surface area contributed by atoms with E-state index in [-0.39, 0.29) is 6.04 Å². The smallest absolute Gasteiger partial charge is 0.0701 e. The van der Waals surface area contributed by atoms with E-state index in [0.29, 0.717) is 19.8 Å². The molecule has 1 unspecified atom stereocenters. The lowest BCUT2D eigenvalue weighted by molar-refractivity contribution is 0.0623. The van der Waals surface area contributed by atoms with Crippen molar-refractivity contribution in [2.75, 3.05) is 26.9 Å². The van der Waals surface area contributed by atoms with Gasteiger partial charge in [-0.2, -0.15) is 0 Å². The molecular weight excluding hydrogens is 166 g/mol. The quantitative estimate of drug-likeness (QED) is 0.580. The summed E-state index contributed by atoms with van der Waals surface area (Å²) in [4.78, 5) is 0. The summed E-state index contributed by atoms with van der Waals surface area (Å²) >= 11 is 0. The van der Waals surface area contributed by atoms with Gasteiger partial charge < -0.3 is 15.2 Å². The average Bonchev–Trinajstić information content (AvgIpc) is 2.92. The van der Waals surface area contributed by atoms with Gasteiger partial charge in [-0.1, -0.05) is 12.8 Å². The highest BCUT2D eigenvalue weighted by Crippen LogP contribution is 2.33. The van der Waals surface area contributed by atoms with Crippen molar-refractivity contribution in [3.63, 3.8) is 0 Å². The number of methoxy groups -OCH3 is 1. The van der Waals surface area contributed by atoms with E-state index in [4.69, 9.17) is 15.2 Å². The fourth-order valence-electron chi connectivity index (χ4n) is 1.32. The number of nitrogens with two attached hydrogens (primary N) is 1. The second-order valence-electron chi connectivity index (χ2n) is 3.85. The van der Waals surface area contributed by atoms with Crippen molar-refractivity contribution in [2.45, 2.75) is 31.7 Å². The summed E-state index contributed by atoms with van der Waals surface area (Å²) in [6.07, 6.45) is 5.22. The fraction of sp³-hybridized carbons (Fsp3) is 1.00. The summed E-state index contributed by atoms with van der Waals surface area (Å²) in [7, 11) is 1.68. The van der Waals surface area contributed by atoms with E-state index in [1.165, 1.54) is 19.3 Å². The van der Waals surface area contributed by atoms with Gasteiger partial charge in [0.1, 0.15) is 0 Å². The van der Waals surface area contributed by atoms with Gasteiger partial charge in [-0.15, -0.1) is 0 Å². The van der Waals surface area contributed by atoms with Crippen molar-refractivity contribution < 1.29 is 9.47 Å². The van der Waals surface area contributed by atoms with Crippen molar-refractivity contribution in [3.05, 3.63) is 0 Å². The van der Waals surface area contributed by atoms with Gasteiger partial charge in [0.15, 0.2) is 0 Å². The van der Waals surface area contributed by atoms with Gasteiger partial charge in [0.2, 0.25) is 0 Å². The molecule has 3 heteroatoms. The maximum absolute atomic E-state index is 5.87. The zero-order valence-corrected chi connectivity index (χ0v) is 8.50. The van der Waals surface area contributed by atoms with Crippen LogP contribution in [-0.2, 0) is 9.47 Å².